The summed E-state index contributed by atoms with van der Waals surface area (Å²) in [6.45, 7) is 14.6. The van der Waals surface area contributed by atoms with Crippen molar-refractivity contribution in [3.8, 4) is 0 Å². The van der Waals surface area contributed by atoms with Crippen molar-refractivity contribution in [1.82, 2.24) is 0 Å². The van der Waals surface area contributed by atoms with E-state index in [1.54, 1.807) is 6.92 Å². The van der Waals surface area contributed by atoms with Gasteiger partial charge in [0.1, 0.15) is 109 Å². The molecule has 0 radical (unpaired) electrons. The van der Waals surface area contributed by atoms with Gasteiger partial charge in [0.2, 0.25) is 0 Å². The number of aliphatic hydroxyl groups is 11. The molecule has 0 amide bonds. The van der Waals surface area contributed by atoms with E-state index in [4.69, 9.17) is 61.0 Å². The number of hydrogen-bond donors (Lipinski definition) is 12. The van der Waals surface area contributed by atoms with Gasteiger partial charge in [-0.05, 0) is 100 Å². The van der Waals surface area contributed by atoms with E-state index in [2.05, 4.69) is 40.3 Å². The van der Waals surface area contributed by atoms with Crippen LogP contribution < -0.4 is 0 Å². The topological polar surface area (TPSA) is 431 Å². The second-order valence-electron chi connectivity index (χ2n) is 27.6. The number of aliphatic hydroxyl groups excluding tert-OH is 11. The molecule has 89 heavy (non-hydrogen) atoms. The Labute approximate surface area is 516 Å². The quantitative estimate of drug-likeness (QED) is 0.0290. The Hall–Kier alpha value is -2.39. The van der Waals surface area contributed by atoms with Crippen LogP contribution in [0.5, 0.6) is 0 Å². The number of Topliss-reactive ketones (excluding diaryl/α,β-unsaturated/α-hetero) is 1. The minimum atomic E-state index is -5.26. The molecule has 0 aromatic heterocycles. The maximum atomic E-state index is 14.5. The van der Waals surface area contributed by atoms with Crippen LogP contribution in [0.1, 0.15) is 106 Å². The van der Waals surface area contributed by atoms with E-state index >= 15 is 0 Å². The highest BCUT2D eigenvalue weighted by Crippen LogP contribution is 2.76. The molecule has 31 atom stereocenters. The predicted molar refractivity (Wildman–Crippen MR) is 298 cm³/mol. The maximum Gasteiger partial charge on any atom is 0.397 e. The molecule has 508 valence electrons. The Morgan fingerprint density at radius 2 is 1.26 bits per heavy atom. The average Bonchev–Trinajstić information content (AvgIpc) is 1.56. The van der Waals surface area contributed by atoms with Gasteiger partial charge >= 0.3 is 16.4 Å². The van der Waals surface area contributed by atoms with Crippen LogP contribution >= 0.6 is 0 Å². The lowest BCUT2D eigenvalue weighted by atomic mass is 9.41. The fourth-order valence-corrected chi connectivity index (χ4v) is 17.7. The lowest BCUT2D eigenvalue weighted by Crippen LogP contribution is -2.68. The molecule has 0 aromatic rings. The molecule has 30 heteroatoms. The van der Waals surface area contributed by atoms with Gasteiger partial charge in [0.05, 0.1) is 44.1 Å². The molecular formula is C59H92O29S. The van der Waals surface area contributed by atoms with Gasteiger partial charge in [0.25, 0.3) is 0 Å². The second-order valence-corrected chi connectivity index (χ2v) is 28.6. The Bertz CT molecular complexity index is 2700. The number of ether oxygens (including phenoxy) is 12. The van der Waals surface area contributed by atoms with Crippen LogP contribution in [0.15, 0.2) is 23.8 Å². The summed E-state index contributed by atoms with van der Waals surface area (Å²) < 4.78 is 112. The third kappa shape index (κ3) is 12.2. The molecule has 10 rings (SSSR count). The number of carbonyl (C=O) groups excluding carboxylic acids is 2. The predicted octanol–water partition coefficient (Wildman–Crippen LogP) is -1.92. The van der Waals surface area contributed by atoms with Crippen molar-refractivity contribution < 1.29 is 140 Å². The fraction of sp³-hybridized carbons (Fsp3) is 0.898. The van der Waals surface area contributed by atoms with Gasteiger partial charge in [-0.2, -0.15) is 8.42 Å². The number of ketones is 1. The zero-order valence-electron chi connectivity index (χ0n) is 51.3. The largest absolute Gasteiger partial charge is 0.459 e. The average molecular weight is 1300 g/mol. The molecule has 29 nitrogen and oxygen atoms in total. The van der Waals surface area contributed by atoms with Gasteiger partial charge in [-0.1, -0.05) is 45.9 Å². The summed E-state index contributed by atoms with van der Waals surface area (Å²) >= 11 is 0. The number of fused-ring (bicyclic) bond motifs is 4. The SMILES string of the molecule is C=C(C)C(=O)CC[C@]1(C)OC(=O)[C@]23CC[C@H]4C(=CC[C@H]5C(C)(C)[C@@H](O[C@@H]6OC[C@@H](OS(=O)(=O)O)[C@H](O)[C@H]6O[C@@H]6O[C@H](C)[C@H](O[C@@H]7O[C@H](CO)[C@@H](O)[C@H](O[C@@H]8O[C@H](CO)[C@@H](O)[C@H](OC)[C@H]8O)[C@H]7O)[C@H](O)[C@H]6O[C@@H]6OC[C@@H](O)[C@H](O)[C@H]6O)CC[C@]45C)[C@]2(C)CC[C@@H]31. The molecule has 3 saturated carbocycles. The van der Waals surface area contributed by atoms with Gasteiger partial charge < -0.3 is 113 Å². The first kappa shape index (κ1) is 69.4. The number of allylic oxidation sites excluding steroid dienone is 3. The van der Waals surface area contributed by atoms with Crippen LogP contribution in [0.3, 0.4) is 0 Å². The third-order valence-corrected chi connectivity index (χ3v) is 22.7. The van der Waals surface area contributed by atoms with E-state index in [1.807, 2.05) is 6.92 Å². The number of rotatable bonds is 19. The van der Waals surface area contributed by atoms with Crippen molar-refractivity contribution in [3.63, 3.8) is 0 Å². The summed E-state index contributed by atoms with van der Waals surface area (Å²) in [5.41, 5.74) is -1.34. The third-order valence-electron chi connectivity index (χ3n) is 22.2. The molecule has 1 spiro atoms. The fourth-order valence-electron chi connectivity index (χ4n) is 17.3. The van der Waals surface area contributed by atoms with Gasteiger partial charge in [-0.15, -0.1) is 0 Å². The van der Waals surface area contributed by atoms with E-state index < -0.39 is 206 Å². The molecule has 6 aliphatic heterocycles. The highest BCUT2D eigenvalue weighted by molar-refractivity contribution is 7.80. The lowest BCUT2D eigenvalue weighted by Gasteiger charge is -2.64. The molecule has 0 unspecified atom stereocenters. The Morgan fingerprint density at radius 3 is 1.89 bits per heavy atom. The first-order valence-electron chi connectivity index (χ1n) is 30.8. The van der Waals surface area contributed by atoms with Gasteiger partial charge in [-0.3, -0.25) is 14.1 Å². The Balaban J connectivity index is 0.903. The van der Waals surface area contributed by atoms with E-state index in [9.17, 15) is 78.7 Å². The summed E-state index contributed by atoms with van der Waals surface area (Å²) in [5, 5.41) is 122. The molecule has 0 aromatic carbocycles. The molecule has 0 bridgehead atoms. The lowest BCUT2D eigenvalue weighted by molar-refractivity contribution is -0.403. The van der Waals surface area contributed by atoms with Crippen molar-refractivity contribution in [2.24, 2.45) is 39.4 Å². The second kappa shape index (κ2) is 26.0. The van der Waals surface area contributed by atoms with Crippen LogP contribution in [0.25, 0.3) is 0 Å². The van der Waals surface area contributed by atoms with E-state index in [0.29, 0.717) is 37.7 Å². The van der Waals surface area contributed by atoms with Gasteiger partial charge in [-0.25, -0.2) is 4.18 Å². The zero-order valence-corrected chi connectivity index (χ0v) is 52.1. The number of esters is 1. The summed E-state index contributed by atoms with van der Waals surface area (Å²) in [6.07, 6.45) is -33.8. The van der Waals surface area contributed by atoms with Crippen molar-refractivity contribution >= 4 is 22.2 Å². The monoisotopic (exact) mass is 1300 g/mol. The van der Waals surface area contributed by atoms with Crippen LogP contribution in [0, 0.1) is 39.4 Å². The molecule has 9 fully saturated rings. The minimum Gasteiger partial charge on any atom is -0.459 e. The molecule has 10 aliphatic rings. The zero-order chi connectivity index (χ0) is 65.0. The Morgan fingerprint density at radius 1 is 0.663 bits per heavy atom. The summed E-state index contributed by atoms with van der Waals surface area (Å²) in [4.78, 5) is 27.2. The highest BCUT2D eigenvalue weighted by Gasteiger charge is 2.76. The summed E-state index contributed by atoms with van der Waals surface area (Å²) in [5.74, 6) is -0.304. The summed E-state index contributed by atoms with van der Waals surface area (Å²) in [7, 11) is -4.10. The van der Waals surface area contributed by atoms with Gasteiger partial charge in [0.15, 0.2) is 37.2 Å². The highest BCUT2D eigenvalue weighted by atomic mass is 32.3. The molecule has 4 aliphatic carbocycles. The van der Waals surface area contributed by atoms with Crippen molar-refractivity contribution in [2.45, 2.75) is 259 Å². The first-order valence-corrected chi connectivity index (χ1v) is 32.2. The van der Waals surface area contributed by atoms with E-state index in [1.165, 1.54) is 19.6 Å². The number of hydrogen-bond acceptors (Lipinski definition) is 28. The number of cyclic esters (lactones) is 1. The number of methoxy groups -OCH3 is 1. The van der Waals surface area contributed by atoms with Crippen molar-refractivity contribution in [2.75, 3.05) is 33.5 Å². The normalized spacial score (nSPS) is 50.6. The first-order chi connectivity index (χ1) is 41.7. The number of carbonyl (C=O) groups is 2. The minimum absolute atomic E-state index is 0.0368. The molecular weight excluding hydrogens is 1200 g/mol. The molecule has 6 heterocycles. The molecule has 12 N–H and O–H groups in total. The standard InChI is InChI=1S/C59H92O29S/c1-24(2)28(62)13-18-58(8)34-14-17-57(7)27-10-11-33-55(4,5)35(15-16-56(33,6)26(27)12-19-59(34,57)54(72)87-58)82-52-47(39(67)32(23-78-52)88-89(73,74)75)86-53-48(85-49-40(68)36(64)29(63)22-77-49)41(69)44(25(3)79-53)83-51-43(71)46(38(66)31(21-61)81-51)84-50-42(70)45(76-9)37(65)30(20-60)80-50/h10,25-26,29-53,60-61,63-71H,1,11-23H2,2-9H3,(H,73,74,75)/t25-,26+,29-,30-,31-,32-,33+,34-,35+,36+,37-,38-,39+,40-,41+,42-,43-,44+,45+,46+,47-,48-,49+,50+,51+,52+,53+,56-,57+,58+,59-/m1/s1. The Kier molecular flexibility index (Phi) is 20.3. The van der Waals surface area contributed by atoms with Crippen molar-refractivity contribution in [3.05, 3.63) is 23.8 Å². The summed E-state index contributed by atoms with van der Waals surface area (Å²) in [6, 6.07) is 0. The van der Waals surface area contributed by atoms with Crippen molar-refractivity contribution in [1.29, 1.82) is 0 Å². The van der Waals surface area contributed by atoms with Crippen LogP contribution in [0.4, 0.5) is 0 Å². The van der Waals surface area contributed by atoms with Crippen LogP contribution in [-0.4, -0.2) is 267 Å². The van der Waals surface area contributed by atoms with Crippen LogP contribution in [0.2, 0.25) is 0 Å². The van der Waals surface area contributed by atoms with E-state index in [-0.39, 0.29) is 41.3 Å². The van der Waals surface area contributed by atoms with Gasteiger partial charge in [0, 0.05) is 24.9 Å². The molecule has 6 saturated heterocycles. The maximum absolute atomic E-state index is 14.5. The smallest absolute Gasteiger partial charge is 0.397 e. The van der Waals surface area contributed by atoms with E-state index in [0.717, 1.165) is 19.3 Å². The van der Waals surface area contributed by atoms with Crippen LogP contribution in [-0.2, 0) is 81.0 Å².